The molecule has 1 rings (SSSR count). The van der Waals surface area contributed by atoms with Crippen LogP contribution in [0.3, 0.4) is 0 Å². The lowest BCUT2D eigenvalue weighted by Gasteiger charge is -2.16. The molecular formula is C25H38N8O7S2. The number of primary amides is 1. The van der Waals surface area contributed by atoms with E-state index in [0.29, 0.717) is 45.1 Å². The lowest BCUT2D eigenvalue weighted by atomic mass is 10.0. The summed E-state index contributed by atoms with van der Waals surface area (Å²) in [7, 11) is 1.99. The van der Waals surface area contributed by atoms with Gasteiger partial charge in [-0.15, -0.1) is 0 Å². The zero-order valence-electron chi connectivity index (χ0n) is 23.6. The molecule has 1 aromatic heterocycles. The van der Waals surface area contributed by atoms with E-state index >= 15 is 0 Å². The minimum atomic E-state index is -0.999. The van der Waals surface area contributed by atoms with Gasteiger partial charge in [-0.05, 0) is 43.4 Å². The van der Waals surface area contributed by atoms with Crippen molar-refractivity contribution < 1.29 is 28.9 Å². The molecule has 2 atom stereocenters. The van der Waals surface area contributed by atoms with Gasteiger partial charge in [-0.1, -0.05) is 23.6 Å². The van der Waals surface area contributed by atoms with Crippen molar-refractivity contribution in [1.29, 1.82) is 0 Å². The number of unbranched alkanes of at least 4 members (excludes halogenated alkanes) is 3. The zero-order valence-corrected chi connectivity index (χ0v) is 25.3. The van der Waals surface area contributed by atoms with Crippen molar-refractivity contribution in [3.05, 3.63) is 27.9 Å². The summed E-state index contributed by atoms with van der Waals surface area (Å²) in [5.41, 5.74) is 15.8. The summed E-state index contributed by atoms with van der Waals surface area (Å²) in [5.74, 6) is -1.85. The normalized spacial score (nSPS) is 12.0. The van der Waals surface area contributed by atoms with Gasteiger partial charge < -0.3 is 27.8 Å². The first kappa shape index (κ1) is 36.3. The fourth-order valence-electron chi connectivity index (χ4n) is 3.62. The second kappa shape index (κ2) is 19.4. The first-order valence-corrected chi connectivity index (χ1v) is 15.5. The molecule has 1 aromatic rings. The molecule has 0 bridgehead atoms. The number of Topliss-reactive ketones (excluding diaryl/α,β-unsaturated/α-hetero) is 2. The van der Waals surface area contributed by atoms with E-state index in [0.717, 1.165) is 27.7 Å². The smallest absolute Gasteiger partial charge is 0.302 e. The largest absolute Gasteiger partial charge is 0.370 e. The number of hydrogen-bond acceptors (Lipinski definition) is 11. The maximum atomic E-state index is 12.5. The monoisotopic (exact) mass is 626 g/mol. The molecule has 15 nitrogen and oxygen atoms in total. The van der Waals surface area contributed by atoms with Crippen LogP contribution in [0, 0.1) is 10.1 Å². The Labute approximate surface area is 251 Å². The van der Waals surface area contributed by atoms with Crippen LogP contribution in [0.25, 0.3) is 0 Å². The number of nitrogens with one attached hydrogen (secondary N) is 2. The molecule has 17 heteroatoms. The molecule has 0 aliphatic heterocycles. The average Bonchev–Trinajstić information content (AvgIpc) is 2.90. The van der Waals surface area contributed by atoms with Crippen molar-refractivity contribution in [2.24, 2.45) is 22.2 Å². The summed E-state index contributed by atoms with van der Waals surface area (Å²) in [5, 5.41) is 16.6. The highest BCUT2D eigenvalue weighted by atomic mass is 33.1. The molecule has 0 saturated heterocycles. The summed E-state index contributed by atoms with van der Waals surface area (Å²) in [4.78, 5) is 78.2. The summed E-state index contributed by atoms with van der Waals surface area (Å²) in [6, 6.07) is -0.466. The lowest BCUT2D eigenvalue weighted by Crippen LogP contribution is -2.45. The number of carbonyl (C=O) groups excluding carboxylic acids is 5. The molecule has 0 spiro atoms. The number of aliphatic imine (C=N–C) groups is 1. The Balaban J connectivity index is 2.42. The van der Waals surface area contributed by atoms with Crippen LogP contribution >= 0.6 is 21.6 Å². The molecule has 0 unspecified atom stereocenters. The number of hydrogen-bond donors (Lipinski definition) is 5. The van der Waals surface area contributed by atoms with E-state index in [-0.39, 0.29) is 64.2 Å². The molecule has 0 saturated carbocycles. The zero-order chi connectivity index (χ0) is 31.7. The molecule has 8 N–H and O–H groups in total. The Morgan fingerprint density at radius 2 is 1.67 bits per heavy atom. The predicted molar refractivity (Wildman–Crippen MR) is 161 cm³/mol. The van der Waals surface area contributed by atoms with E-state index in [2.05, 4.69) is 20.6 Å². The van der Waals surface area contributed by atoms with Crippen LogP contribution < -0.4 is 27.8 Å². The summed E-state index contributed by atoms with van der Waals surface area (Å²) < 4.78 is 0. The quantitative estimate of drug-likeness (QED) is 0.0247. The lowest BCUT2D eigenvalue weighted by molar-refractivity contribution is -0.388. The highest BCUT2D eigenvalue weighted by Gasteiger charge is 2.22. The maximum Gasteiger partial charge on any atom is 0.302 e. The molecule has 0 aliphatic carbocycles. The number of carbonyl (C=O) groups is 5. The fraction of sp³-hybridized carbons (Fsp3) is 0.560. The van der Waals surface area contributed by atoms with Gasteiger partial charge in [0.25, 0.3) is 0 Å². The molecule has 3 amide bonds. The number of nitrogens with zero attached hydrogens (tertiary/aromatic N) is 3. The van der Waals surface area contributed by atoms with Crippen molar-refractivity contribution in [2.45, 2.75) is 82.3 Å². The number of ketones is 2. The Bertz CT molecular complexity index is 1160. The van der Waals surface area contributed by atoms with Crippen LogP contribution in [-0.2, 0) is 19.2 Å². The predicted octanol–water partition coefficient (Wildman–Crippen LogP) is 1.37. The number of guanidine groups is 1. The fourth-order valence-corrected chi connectivity index (χ4v) is 5.83. The molecule has 0 aliphatic rings. The van der Waals surface area contributed by atoms with Crippen molar-refractivity contribution in [1.82, 2.24) is 15.6 Å². The summed E-state index contributed by atoms with van der Waals surface area (Å²) >= 11 is 0. The molecule has 1 heterocycles. The minimum Gasteiger partial charge on any atom is -0.370 e. The van der Waals surface area contributed by atoms with E-state index < -0.39 is 22.9 Å². The van der Waals surface area contributed by atoms with Crippen LogP contribution in [-0.4, -0.2) is 69.5 Å². The van der Waals surface area contributed by atoms with Crippen LogP contribution in [0.1, 0.15) is 75.6 Å². The second-order valence-electron chi connectivity index (χ2n) is 9.33. The molecule has 0 radical (unpaired) electrons. The molecule has 0 fully saturated rings. The first-order valence-electron chi connectivity index (χ1n) is 13.2. The Morgan fingerprint density at radius 3 is 2.24 bits per heavy atom. The first-order chi connectivity index (χ1) is 19.8. The third kappa shape index (κ3) is 14.8. The number of pyridine rings is 1. The van der Waals surface area contributed by atoms with Gasteiger partial charge >= 0.3 is 5.69 Å². The van der Waals surface area contributed by atoms with E-state index in [9.17, 15) is 34.1 Å². The van der Waals surface area contributed by atoms with Crippen molar-refractivity contribution >= 4 is 62.5 Å². The number of nitrogens with two attached hydrogens (primary N) is 3. The Hall–Kier alpha value is -3.73. The maximum absolute atomic E-state index is 12.5. The standard InChI is InChI=1S/C25H38N8O7S2/c1-15(34)17-12-20(33(39)40)24(30-13-17)42-41-14-19(23(26)38)32-22(37)10-6-4-3-5-9-21(36)18(31-16(2)35)8-7-11-29-25(27)28/h12-13,18-19H,3-11,14H2,1-2H3,(H2,26,38)(H,31,35)(H,32,37)(H4,27,28,29)/t18-,19-/m0/s1. The summed E-state index contributed by atoms with van der Waals surface area (Å²) in [6.07, 6.45) is 5.12. The van der Waals surface area contributed by atoms with Gasteiger partial charge in [0.15, 0.2) is 22.6 Å². The SMILES string of the molecule is CC(=O)N[C@@H](CCCN=C(N)N)C(=O)CCCCCCC(=O)N[C@@H](CSSc1ncc(C(C)=O)cc1[N+](=O)[O-])C(N)=O. The van der Waals surface area contributed by atoms with Gasteiger partial charge in [0.1, 0.15) is 6.04 Å². The van der Waals surface area contributed by atoms with Gasteiger partial charge in [0.2, 0.25) is 17.7 Å². The van der Waals surface area contributed by atoms with Gasteiger partial charge in [-0.25, -0.2) is 4.98 Å². The van der Waals surface area contributed by atoms with Crippen molar-refractivity contribution in [3.63, 3.8) is 0 Å². The van der Waals surface area contributed by atoms with Gasteiger partial charge in [0.05, 0.1) is 11.0 Å². The van der Waals surface area contributed by atoms with Crippen LogP contribution in [0.2, 0.25) is 0 Å². The molecule has 42 heavy (non-hydrogen) atoms. The van der Waals surface area contributed by atoms with Gasteiger partial charge in [-0.2, -0.15) is 0 Å². The molecule has 0 aromatic carbocycles. The Morgan fingerprint density at radius 1 is 1.00 bits per heavy atom. The topological polar surface area (TPSA) is 256 Å². The minimum absolute atomic E-state index is 0.0334. The third-order valence-electron chi connectivity index (χ3n) is 5.78. The van der Waals surface area contributed by atoms with Crippen molar-refractivity contribution in [2.75, 3.05) is 12.3 Å². The molecular weight excluding hydrogens is 588 g/mol. The summed E-state index contributed by atoms with van der Waals surface area (Å²) in [6.45, 7) is 2.98. The highest BCUT2D eigenvalue weighted by molar-refractivity contribution is 8.76. The number of aromatic nitrogens is 1. The van der Waals surface area contributed by atoms with Crippen molar-refractivity contribution in [3.8, 4) is 0 Å². The average molecular weight is 627 g/mol. The molecule has 232 valence electrons. The van der Waals surface area contributed by atoms with Gasteiger partial charge in [-0.3, -0.25) is 39.1 Å². The van der Waals surface area contributed by atoms with E-state index in [1.165, 1.54) is 20.0 Å². The van der Waals surface area contributed by atoms with E-state index in [4.69, 9.17) is 17.2 Å². The van der Waals surface area contributed by atoms with Crippen LogP contribution in [0.4, 0.5) is 5.69 Å². The van der Waals surface area contributed by atoms with Crippen LogP contribution in [0.15, 0.2) is 22.3 Å². The highest BCUT2D eigenvalue weighted by Crippen LogP contribution is 2.36. The van der Waals surface area contributed by atoms with E-state index in [1.807, 2.05) is 0 Å². The van der Waals surface area contributed by atoms with Crippen LogP contribution in [0.5, 0.6) is 0 Å². The Kier molecular flexibility index (Phi) is 16.8. The number of rotatable bonds is 21. The number of nitro groups is 1. The van der Waals surface area contributed by atoms with Gasteiger partial charge in [0, 0.05) is 49.9 Å². The number of amides is 3. The third-order valence-corrected chi connectivity index (χ3v) is 8.07. The van der Waals surface area contributed by atoms with E-state index in [1.54, 1.807) is 0 Å². The second-order valence-corrected chi connectivity index (χ2v) is 11.7.